The van der Waals surface area contributed by atoms with Crippen LogP contribution < -0.4 is 5.32 Å². The topological polar surface area (TPSA) is 92.7 Å². The number of esters is 1. The first-order chi connectivity index (χ1) is 7.06. The van der Waals surface area contributed by atoms with E-state index in [0.717, 1.165) is 6.42 Å². The van der Waals surface area contributed by atoms with Crippen LogP contribution in [0.25, 0.3) is 0 Å². The normalized spacial score (nSPS) is 9.40. The molecule has 86 valence electrons. The molecule has 0 heterocycles. The summed E-state index contributed by atoms with van der Waals surface area (Å²) in [6, 6.07) is 0. The highest BCUT2D eigenvalue weighted by Gasteiger charge is 2.08. The summed E-state index contributed by atoms with van der Waals surface area (Å²) in [5, 5.41) is 10.8. The zero-order chi connectivity index (χ0) is 11.7. The number of nitrogens with one attached hydrogen (secondary N) is 1. The van der Waals surface area contributed by atoms with E-state index in [1.807, 2.05) is 6.92 Å². The molecule has 0 fully saturated rings. The van der Waals surface area contributed by atoms with Crippen LogP contribution in [0.2, 0.25) is 0 Å². The van der Waals surface area contributed by atoms with Crippen LogP contribution in [-0.2, 0) is 19.1 Å². The highest BCUT2D eigenvalue weighted by molar-refractivity contribution is 5.81. The third-order valence-electron chi connectivity index (χ3n) is 1.48. The first-order valence-electron chi connectivity index (χ1n) is 4.70. The molecule has 0 aromatic carbocycles. The summed E-state index contributed by atoms with van der Waals surface area (Å²) >= 11 is 0. The van der Waals surface area contributed by atoms with Crippen molar-refractivity contribution in [3.63, 3.8) is 0 Å². The average molecular weight is 217 g/mol. The maximum absolute atomic E-state index is 10.9. The summed E-state index contributed by atoms with van der Waals surface area (Å²) in [6.07, 6.45) is 0.310. The van der Waals surface area contributed by atoms with Gasteiger partial charge in [0.15, 0.2) is 6.61 Å². The van der Waals surface area contributed by atoms with Gasteiger partial charge in [0.05, 0.1) is 12.8 Å². The Morgan fingerprint density at radius 3 is 2.47 bits per heavy atom. The number of aliphatic carboxylic acids is 1. The van der Waals surface area contributed by atoms with E-state index in [9.17, 15) is 14.4 Å². The summed E-state index contributed by atoms with van der Waals surface area (Å²) in [5.41, 5.74) is 0. The number of carbonyl (C=O) groups excluding carboxylic acids is 2. The molecule has 0 atom stereocenters. The van der Waals surface area contributed by atoms with E-state index in [-0.39, 0.29) is 25.4 Å². The fraction of sp³-hybridized carbons (Fsp3) is 0.667. The van der Waals surface area contributed by atoms with Gasteiger partial charge in [-0.2, -0.15) is 0 Å². The lowest BCUT2D eigenvalue weighted by atomic mass is 10.3. The average Bonchev–Trinajstić information content (AvgIpc) is 2.20. The lowest BCUT2D eigenvalue weighted by molar-refractivity contribution is -0.150. The van der Waals surface area contributed by atoms with Gasteiger partial charge in [0, 0.05) is 6.54 Å². The first-order valence-corrected chi connectivity index (χ1v) is 4.70. The van der Waals surface area contributed by atoms with Crippen molar-refractivity contribution in [1.29, 1.82) is 0 Å². The molecular formula is C9H15NO5. The fourth-order valence-electron chi connectivity index (χ4n) is 0.743. The van der Waals surface area contributed by atoms with E-state index in [4.69, 9.17) is 5.11 Å². The van der Waals surface area contributed by atoms with Gasteiger partial charge >= 0.3 is 11.9 Å². The van der Waals surface area contributed by atoms with E-state index >= 15 is 0 Å². The van der Waals surface area contributed by atoms with Gasteiger partial charge in [-0.1, -0.05) is 6.92 Å². The molecule has 0 aliphatic rings. The van der Waals surface area contributed by atoms with Gasteiger partial charge in [-0.15, -0.1) is 0 Å². The van der Waals surface area contributed by atoms with E-state index < -0.39 is 11.9 Å². The molecule has 0 aromatic rings. The van der Waals surface area contributed by atoms with E-state index in [0.29, 0.717) is 6.54 Å². The second kappa shape index (κ2) is 7.78. The van der Waals surface area contributed by atoms with E-state index in [2.05, 4.69) is 10.1 Å². The molecular weight excluding hydrogens is 202 g/mol. The molecule has 0 bridgehead atoms. The Balaban J connectivity index is 3.53. The number of amides is 1. The summed E-state index contributed by atoms with van der Waals surface area (Å²) in [6.45, 7) is 2.09. The predicted molar refractivity (Wildman–Crippen MR) is 51.1 cm³/mol. The zero-order valence-electron chi connectivity index (χ0n) is 8.62. The number of rotatable bonds is 7. The summed E-state index contributed by atoms with van der Waals surface area (Å²) in [4.78, 5) is 31.9. The van der Waals surface area contributed by atoms with Crippen LogP contribution in [-0.4, -0.2) is 36.1 Å². The van der Waals surface area contributed by atoms with E-state index in [1.54, 1.807) is 0 Å². The zero-order valence-corrected chi connectivity index (χ0v) is 8.62. The smallest absolute Gasteiger partial charge is 0.306 e. The minimum absolute atomic E-state index is 0.212. The highest BCUT2D eigenvalue weighted by atomic mass is 16.5. The number of ether oxygens (including phenoxy) is 1. The van der Waals surface area contributed by atoms with Gasteiger partial charge in [0.1, 0.15) is 0 Å². The quantitative estimate of drug-likeness (QED) is 0.582. The van der Waals surface area contributed by atoms with Crippen LogP contribution in [0.3, 0.4) is 0 Å². The molecule has 0 radical (unpaired) electrons. The predicted octanol–water partition coefficient (Wildman–Crippen LogP) is -0.0794. The molecule has 0 rings (SSSR count). The Morgan fingerprint density at radius 2 is 1.93 bits per heavy atom. The van der Waals surface area contributed by atoms with Crippen molar-refractivity contribution >= 4 is 17.8 Å². The van der Waals surface area contributed by atoms with Crippen molar-refractivity contribution in [2.24, 2.45) is 0 Å². The summed E-state index contributed by atoms with van der Waals surface area (Å²) in [5.74, 6) is -2.12. The van der Waals surface area contributed by atoms with Crippen LogP contribution in [0.1, 0.15) is 26.2 Å². The Morgan fingerprint density at radius 1 is 1.27 bits per heavy atom. The Bertz CT molecular complexity index is 239. The molecule has 2 N–H and O–H groups in total. The van der Waals surface area contributed by atoms with E-state index in [1.165, 1.54) is 0 Å². The summed E-state index contributed by atoms with van der Waals surface area (Å²) in [7, 11) is 0. The summed E-state index contributed by atoms with van der Waals surface area (Å²) < 4.78 is 4.54. The third kappa shape index (κ3) is 8.73. The van der Waals surface area contributed by atoms with Crippen LogP contribution in [0.5, 0.6) is 0 Å². The van der Waals surface area contributed by atoms with Gasteiger partial charge in [0.25, 0.3) is 5.91 Å². The van der Waals surface area contributed by atoms with Crippen molar-refractivity contribution in [1.82, 2.24) is 5.32 Å². The van der Waals surface area contributed by atoms with Gasteiger partial charge in [-0.3, -0.25) is 14.4 Å². The maximum atomic E-state index is 10.9. The lowest BCUT2D eigenvalue weighted by Crippen LogP contribution is -2.29. The molecule has 15 heavy (non-hydrogen) atoms. The molecule has 6 nitrogen and oxygen atoms in total. The number of carboxylic acids is 1. The largest absolute Gasteiger partial charge is 0.481 e. The molecule has 0 aliphatic heterocycles. The van der Waals surface area contributed by atoms with Gasteiger partial charge in [-0.05, 0) is 6.42 Å². The number of hydrogen-bond donors (Lipinski definition) is 2. The second-order valence-electron chi connectivity index (χ2n) is 2.90. The fourth-order valence-corrected chi connectivity index (χ4v) is 0.743. The second-order valence-corrected chi connectivity index (χ2v) is 2.90. The first kappa shape index (κ1) is 13.4. The minimum atomic E-state index is -1.07. The van der Waals surface area contributed by atoms with Crippen molar-refractivity contribution in [2.45, 2.75) is 26.2 Å². The Labute approximate surface area is 87.6 Å². The van der Waals surface area contributed by atoms with Crippen LogP contribution in [0.15, 0.2) is 0 Å². The van der Waals surface area contributed by atoms with Crippen LogP contribution in [0, 0.1) is 0 Å². The van der Waals surface area contributed by atoms with Crippen molar-refractivity contribution < 1.29 is 24.2 Å². The Hall–Kier alpha value is -1.59. The number of carboxylic acid groups (broad SMARTS) is 1. The Kier molecular flexibility index (Phi) is 6.96. The lowest BCUT2D eigenvalue weighted by Gasteiger charge is -2.04. The van der Waals surface area contributed by atoms with Crippen LogP contribution in [0.4, 0.5) is 0 Å². The SMILES string of the molecule is CCCNC(=O)COC(=O)CCC(=O)O. The van der Waals surface area contributed by atoms with Gasteiger partial charge in [-0.25, -0.2) is 0 Å². The molecule has 6 heteroatoms. The monoisotopic (exact) mass is 217 g/mol. The molecule has 0 unspecified atom stereocenters. The third-order valence-corrected chi connectivity index (χ3v) is 1.48. The molecule has 0 aliphatic carbocycles. The van der Waals surface area contributed by atoms with Gasteiger partial charge in [0.2, 0.25) is 0 Å². The number of hydrogen-bond acceptors (Lipinski definition) is 4. The molecule has 0 spiro atoms. The standard InChI is InChI=1S/C9H15NO5/c1-2-5-10-7(11)6-15-9(14)4-3-8(12)13/h2-6H2,1H3,(H,10,11)(H,12,13). The van der Waals surface area contributed by atoms with Crippen molar-refractivity contribution in [3.8, 4) is 0 Å². The highest BCUT2D eigenvalue weighted by Crippen LogP contribution is 1.92. The minimum Gasteiger partial charge on any atom is -0.481 e. The van der Waals surface area contributed by atoms with Crippen LogP contribution >= 0.6 is 0 Å². The maximum Gasteiger partial charge on any atom is 0.306 e. The van der Waals surface area contributed by atoms with Crippen molar-refractivity contribution in [3.05, 3.63) is 0 Å². The molecule has 0 saturated carbocycles. The molecule has 1 amide bonds. The molecule has 0 saturated heterocycles. The number of carbonyl (C=O) groups is 3. The van der Waals surface area contributed by atoms with Gasteiger partial charge < -0.3 is 15.2 Å². The molecule has 0 aromatic heterocycles. The van der Waals surface area contributed by atoms with Crippen molar-refractivity contribution in [2.75, 3.05) is 13.2 Å².